The van der Waals surface area contributed by atoms with Crippen LogP contribution in [-0.4, -0.2) is 15.5 Å². The van der Waals surface area contributed by atoms with E-state index >= 15 is 0 Å². The Morgan fingerprint density at radius 3 is 2.80 bits per heavy atom. The van der Waals surface area contributed by atoms with Crippen molar-refractivity contribution in [3.05, 3.63) is 17.0 Å². The van der Waals surface area contributed by atoms with Gasteiger partial charge in [-0.3, -0.25) is 0 Å². The monoisotopic (exact) mass is 221 g/mol. The minimum atomic E-state index is -0.104. The molecular weight excluding hydrogens is 206 g/mol. The highest BCUT2D eigenvalue weighted by atomic mass is 32.2. The van der Waals surface area contributed by atoms with E-state index < -0.39 is 0 Å². The molecule has 15 heavy (non-hydrogen) atoms. The molecule has 0 radical (unpaired) electrons. The number of hydrogen-bond acceptors (Lipinski definition) is 3. The van der Waals surface area contributed by atoms with Crippen LogP contribution in [0.4, 0.5) is 0 Å². The molecule has 0 N–H and O–H groups in total. The van der Waals surface area contributed by atoms with Crippen molar-refractivity contribution in [2.45, 2.75) is 38.5 Å². The number of aryl methyl sites for hydroxylation is 1. The lowest BCUT2D eigenvalue weighted by Gasteiger charge is -2.20. The summed E-state index contributed by atoms with van der Waals surface area (Å²) in [6, 6.07) is 2.30. The lowest BCUT2D eigenvalue weighted by Crippen LogP contribution is -2.24. The third-order valence-electron chi connectivity index (χ3n) is 2.54. The summed E-state index contributed by atoms with van der Waals surface area (Å²) in [4.78, 5) is 0. The highest BCUT2D eigenvalue weighted by Gasteiger charge is 2.26. The van der Waals surface area contributed by atoms with Gasteiger partial charge in [-0.15, -0.1) is 0 Å². The molecule has 3 nitrogen and oxygen atoms in total. The molecule has 1 aliphatic heterocycles. The summed E-state index contributed by atoms with van der Waals surface area (Å²) in [6.07, 6.45) is 0.998. The molecule has 0 saturated heterocycles. The van der Waals surface area contributed by atoms with E-state index in [-0.39, 0.29) is 5.54 Å². The van der Waals surface area contributed by atoms with E-state index in [0.717, 1.165) is 34.9 Å². The van der Waals surface area contributed by atoms with Gasteiger partial charge in [0, 0.05) is 17.7 Å². The summed E-state index contributed by atoms with van der Waals surface area (Å²) in [7, 11) is 0. The fourth-order valence-corrected chi connectivity index (χ4v) is 2.78. The van der Waals surface area contributed by atoms with Crippen LogP contribution in [0.5, 0.6) is 0 Å². The number of hydrogen-bond donors (Lipinski definition) is 0. The first-order valence-corrected chi connectivity index (χ1v) is 6.28. The number of fused-ring (bicyclic) bond motifs is 1. The second-order valence-corrected chi connectivity index (χ2v) is 5.88. The molecule has 2 rings (SSSR count). The number of thioether (sulfide) groups is 1. The number of nitrogens with zero attached hydrogens (tertiary/aromatic N) is 3. The first-order chi connectivity index (χ1) is 7.04. The van der Waals surface area contributed by atoms with Crippen molar-refractivity contribution in [3.8, 4) is 6.07 Å². The van der Waals surface area contributed by atoms with E-state index in [2.05, 4.69) is 31.9 Å². The standard InChI is InChI=1S/C11H15N3S/c1-11(2,3)14-10(6-12)8-7-15-5-4-9(8)13-14/h4-5,7H2,1-3H3. The van der Waals surface area contributed by atoms with Crippen molar-refractivity contribution in [2.24, 2.45) is 0 Å². The van der Waals surface area contributed by atoms with Gasteiger partial charge in [0.2, 0.25) is 0 Å². The maximum absolute atomic E-state index is 9.21. The highest BCUT2D eigenvalue weighted by Crippen LogP contribution is 2.29. The lowest BCUT2D eigenvalue weighted by molar-refractivity contribution is 0.350. The largest absolute Gasteiger partial charge is 0.249 e. The summed E-state index contributed by atoms with van der Waals surface area (Å²) >= 11 is 1.89. The molecule has 1 aromatic heterocycles. The Morgan fingerprint density at radius 1 is 1.47 bits per heavy atom. The summed E-state index contributed by atoms with van der Waals surface area (Å²) < 4.78 is 1.88. The van der Waals surface area contributed by atoms with E-state index in [1.165, 1.54) is 0 Å². The van der Waals surface area contributed by atoms with Crippen molar-refractivity contribution in [2.75, 3.05) is 5.75 Å². The summed E-state index contributed by atoms with van der Waals surface area (Å²) in [5.41, 5.74) is 2.93. The van der Waals surface area contributed by atoms with Crippen LogP contribution in [0.25, 0.3) is 0 Å². The van der Waals surface area contributed by atoms with Gasteiger partial charge in [-0.2, -0.15) is 22.1 Å². The van der Waals surface area contributed by atoms with Crippen LogP contribution in [0.2, 0.25) is 0 Å². The van der Waals surface area contributed by atoms with Gasteiger partial charge in [0.15, 0.2) is 0 Å². The van der Waals surface area contributed by atoms with Gasteiger partial charge in [0.25, 0.3) is 0 Å². The Hall–Kier alpha value is -0.950. The molecule has 4 heteroatoms. The maximum atomic E-state index is 9.21. The first-order valence-electron chi connectivity index (χ1n) is 5.13. The predicted molar refractivity (Wildman–Crippen MR) is 61.8 cm³/mol. The van der Waals surface area contributed by atoms with Crippen LogP contribution in [0, 0.1) is 11.3 Å². The van der Waals surface area contributed by atoms with Gasteiger partial charge in [-0.25, -0.2) is 4.68 Å². The Bertz CT molecular complexity index is 420. The number of rotatable bonds is 0. The van der Waals surface area contributed by atoms with Crippen LogP contribution in [0.15, 0.2) is 0 Å². The molecule has 0 atom stereocenters. The smallest absolute Gasteiger partial charge is 0.143 e. The Kier molecular flexibility index (Phi) is 2.51. The molecule has 0 fully saturated rings. The zero-order chi connectivity index (χ0) is 11.1. The SMILES string of the molecule is CC(C)(C)n1nc2c(c1C#N)CSCC2. The maximum Gasteiger partial charge on any atom is 0.143 e. The Balaban J connectivity index is 2.58. The van der Waals surface area contributed by atoms with Gasteiger partial charge >= 0.3 is 0 Å². The van der Waals surface area contributed by atoms with Crippen molar-refractivity contribution >= 4 is 11.8 Å². The molecule has 1 aromatic rings. The van der Waals surface area contributed by atoms with Gasteiger partial charge < -0.3 is 0 Å². The molecule has 2 heterocycles. The summed E-state index contributed by atoms with van der Waals surface area (Å²) in [5.74, 6) is 2.06. The molecular formula is C11H15N3S. The second kappa shape index (κ2) is 3.57. The molecule has 0 aromatic carbocycles. The molecule has 0 saturated carbocycles. The van der Waals surface area contributed by atoms with Crippen molar-refractivity contribution < 1.29 is 0 Å². The zero-order valence-electron chi connectivity index (χ0n) is 9.37. The fourth-order valence-electron chi connectivity index (χ4n) is 1.79. The molecule has 0 amide bonds. The average molecular weight is 221 g/mol. The number of aromatic nitrogens is 2. The third kappa shape index (κ3) is 1.76. The lowest BCUT2D eigenvalue weighted by atomic mass is 10.1. The predicted octanol–water partition coefficient (Wildman–Crippen LogP) is 2.30. The van der Waals surface area contributed by atoms with Crippen LogP contribution in [-0.2, 0) is 17.7 Å². The van der Waals surface area contributed by atoms with Crippen LogP contribution in [0.1, 0.15) is 37.7 Å². The Labute approximate surface area is 94.5 Å². The molecule has 0 spiro atoms. The molecule has 0 unspecified atom stereocenters. The van der Waals surface area contributed by atoms with E-state index in [1.54, 1.807) is 0 Å². The molecule has 0 bridgehead atoms. The number of nitriles is 1. The van der Waals surface area contributed by atoms with Gasteiger partial charge in [-0.05, 0) is 26.5 Å². The third-order valence-corrected chi connectivity index (χ3v) is 3.52. The summed E-state index contributed by atoms with van der Waals surface area (Å²) in [6.45, 7) is 6.25. The minimum Gasteiger partial charge on any atom is -0.249 e. The van der Waals surface area contributed by atoms with Crippen molar-refractivity contribution in [1.29, 1.82) is 5.26 Å². The van der Waals surface area contributed by atoms with Crippen LogP contribution in [0.3, 0.4) is 0 Å². The quantitative estimate of drug-likeness (QED) is 0.675. The molecule has 1 aliphatic rings. The topological polar surface area (TPSA) is 41.6 Å². The minimum absolute atomic E-state index is 0.104. The van der Waals surface area contributed by atoms with Gasteiger partial charge in [-0.1, -0.05) is 0 Å². The van der Waals surface area contributed by atoms with E-state index in [1.807, 2.05) is 16.4 Å². The highest BCUT2D eigenvalue weighted by molar-refractivity contribution is 7.98. The van der Waals surface area contributed by atoms with Crippen molar-refractivity contribution in [1.82, 2.24) is 9.78 Å². The zero-order valence-corrected chi connectivity index (χ0v) is 10.2. The second-order valence-electron chi connectivity index (χ2n) is 4.77. The van der Waals surface area contributed by atoms with E-state index in [4.69, 9.17) is 0 Å². The fraction of sp³-hybridized carbons (Fsp3) is 0.636. The van der Waals surface area contributed by atoms with Crippen LogP contribution >= 0.6 is 11.8 Å². The van der Waals surface area contributed by atoms with Crippen LogP contribution < -0.4 is 0 Å². The van der Waals surface area contributed by atoms with E-state index in [0.29, 0.717) is 0 Å². The summed E-state index contributed by atoms with van der Waals surface area (Å²) in [5, 5.41) is 13.8. The van der Waals surface area contributed by atoms with Gasteiger partial charge in [0.1, 0.15) is 11.8 Å². The normalized spacial score (nSPS) is 15.9. The molecule has 80 valence electrons. The first kappa shape index (κ1) is 10.6. The van der Waals surface area contributed by atoms with E-state index in [9.17, 15) is 5.26 Å². The molecule has 0 aliphatic carbocycles. The van der Waals surface area contributed by atoms with Gasteiger partial charge in [0.05, 0.1) is 11.2 Å². The van der Waals surface area contributed by atoms with Crippen molar-refractivity contribution in [3.63, 3.8) is 0 Å². The average Bonchev–Trinajstić information content (AvgIpc) is 2.55. The Morgan fingerprint density at radius 2 is 2.20 bits per heavy atom.